The zero-order valence-corrected chi connectivity index (χ0v) is 17.6. The summed E-state index contributed by atoms with van der Waals surface area (Å²) < 4.78 is 14.2. The summed E-state index contributed by atoms with van der Waals surface area (Å²) in [7, 11) is 0. The fraction of sp³-hybridized carbons (Fsp3) is 0.304. The molecule has 30 heavy (non-hydrogen) atoms. The number of hydrogen-bond donors (Lipinski definition) is 1. The Morgan fingerprint density at radius 2 is 2.17 bits per heavy atom. The van der Waals surface area contributed by atoms with E-state index in [9.17, 15) is 4.79 Å². The van der Waals surface area contributed by atoms with E-state index in [-0.39, 0.29) is 12.0 Å². The molecule has 0 radical (unpaired) electrons. The number of carbonyl (C=O) groups excluding carboxylic acids is 1. The van der Waals surface area contributed by atoms with Crippen LogP contribution in [0.25, 0.3) is 26.4 Å². The van der Waals surface area contributed by atoms with Gasteiger partial charge in [-0.1, -0.05) is 11.3 Å². The molecule has 4 aromatic rings. The molecule has 1 aliphatic rings. The number of imidazole rings is 1. The number of aromatic nitrogens is 2. The molecule has 1 aliphatic heterocycles. The van der Waals surface area contributed by atoms with Gasteiger partial charge in [0.2, 0.25) is 0 Å². The second kappa shape index (κ2) is 8.08. The van der Waals surface area contributed by atoms with Gasteiger partial charge in [0.1, 0.15) is 5.75 Å². The fourth-order valence-corrected chi connectivity index (χ4v) is 4.83. The van der Waals surface area contributed by atoms with Crippen molar-refractivity contribution in [2.45, 2.75) is 25.9 Å². The number of fused-ring (bicyclic) bond motifs is 3. The lowest BCUT2D eigenvalue weighted by molar-refractivity contribution is 0.0858. The van der Waals surface area contributed by atoms with E-state index in [0.29, 0.717) is 18.7 Å². The van der Waals surface area contributed by atoms with Crippen molar-refractivity contribution in [2.24, 2.45) is 0 Å². The minimum absolute atomic E-state index is 0.0616. The minimum Gasteiger partial charge on any atom is -0.494 e. The summed E-state index contributed by atoms with van der Waals surface area (Å²) in [6.07, 6.45) is 4.27. The molecule has 5 rings (SSSR count). The van der Waals surface area contributed by atoms with Gasteiger partial charge in [0.25, 0.3) is 5.91 Å². The zero-order valence-electron chi connectivity index (χ0n) is 16.8. The molecule has 7 heteroatoms. The quantitative estimate of drug-likeness (QED) is 0.497. The van der Waals surface area contributed by atoms with Crippen molar-refractivity contribution in [3.05, 3.63) is 54.2 Å². The number of nitrogens with one attached hydrogen (secondary N) is 1. The number of nitrogens with zero attached hydrogens (tertiary/aromatic N) is 2. The van der Waals surface area contributed by atoms with Crippen LogP contribution in [-0.4, -0.2) is 41.2 Å². The van der Waals surface area contributed by atoms with E-state index in [1.54, 1.807) is 11.3 Å². The maximum absolute atomic E-state index is 12.5. The highest BCUT2D eigenvalue weighted by atomic mass is 32.1. The van der Waals surface area contributed by atoms with Crippen LogP contribution in [0.15, 0.2) is 48.7 Å². The fourth-order valence-electron chi connectivity index (χ4n) is 3.78. The summed E-state index contributed by atoms with van der Waals surface area (Å²) in [6.45, 7) is 3.98. The van der Waals surface area contributed by atoms with Crippen LogP contribution >= 0.6 is 11.3 Å². The maximum atomic E-state index is 12.5. The van der Waals surface area contributed by atoms with Crippen LogP contribution in [-0.2, 0) is 4.74 Å². The lowest BCUT2D eigenvalue weighted by Gasteiger charge is -2.10. The number of hydrogen-bond acceptors (Lipinski definition) is 5. The standard InChI is InChI=1S/C23H23N3O3S/c1-2-28-17-8-5-15(6-9-17)19-14-26-20-10-7-16(12-21(20)30-23(26)25-19)22(27)24-13-18-4-3-11-29-18/h5-10,12,14,18H,2-4,11,13H2,1H3,(H,24,27)/t18-/m0/s1. The first-order valence-corrected chi connectivity index (χ1v) is 11.1. The highest BCUT2D eigenvalue weighted by molar-refractivity contribution is 7.23. The molecule has 6 nitrogen and oxygen atoms in total. The SMILES string of the molecule is CCOc1ccc(-c2cn3c(n2)sc2cc(C(=O)NC[C@@H]4CCCO4)ccc23)cc1. The van der Waals surface area contributed by atoms with Crippen LogP contribution < -0.4 is 10.1 Å². The number of rotatable bonds is 6. The van der Waals surface area contributed by atoms with Crippen molar-refractivity contribution in [1.82, 2.24) is 14.7 Å². The van der Waals surface area contributed by atoms with Crippen molar-refractivity contribution in [2.75, 3.05) is 19.8 Å². The average Bonchev–Trinajstić information content (AvgIpc) is 3.48. The van der Waals surface area contributed by atoms with Crippen LogP contribution in [0.3, 0.4) is 0 Å². The smallest absolute Gasteiger partial charge is 0.251 e. The molecular formula is C23H23N3O3S. The van der Waals surface area contributed by atoms with Gasteiger partial charge in [0.05, 0.1) is 28.6 Å². The van der Waals surface area contributed by atoms with Gasteiger partial charge in [-0.2, -0.15) is 0 Å². The molecule has 2 aromatic heterocycles. The first-order chi connectivity index (χ1) is 14.7. The third-order valence-electron chi connectivity index (χ3n) is 5.33. The van der Waals surface area contributed by atoms with Gasteiger partial charge in [0.15, 0.2) is 4.96 Å². The van der Waals surface area contributed by atoms with Gasteiger partial charge in [-0.15, -0.1) is 0 Å². The third-order valence-corrected chi connectivity index (χ3v) is 6.35. The molecule has 154 valence electrons. The molecule has 1 N–H and O–H groups in total. The summed E-state index contributed by atoms with van der Waals surface area (Å²) in [5.74, 6) is 0.798. The summed E-state index contributed by atoms with van der Waals surface area (Å²) in [4.78, 5) is 18.2. The first-order valence-electron chi connectivity index (χ1n) is 10.3. The molecule has 1 fully saturated rings. The van der Waals surface area contributed by atoms with E-state index in [4.69, 9.17) is 14.5 Å². The summed E-state index contributed by atoms with van der Waals surface area (Å²) in [5.41, 5.74) is 3.68. The van der Waals surface area contributed by atoms with E-state index in [2.05, 4.69) is 9.72 Å². The van der Waals surface area contributed by atoms with E-state index >= 15 is 0 Å². The molecular weight excluding hydrogens is 398 g/mol. The van der Waals surface area contributed by atoms with Crippen molar-refractivity contribution in [1.29, 1.82) is 0 Å². The second-order valence-electron chi connectivity index (χ2n) is 7.37. The highest BCUT2D eigenvalue weighted by Gasteiger charge is 2.17. The van der Waals surface area contributed by atoms with E-state index < -0.39 is 0 Å². The Morgan fingerprint density at radius 1 is 1.30 bits per heavy atom. The molecule has 0 spiro atoms. The molecule has 1 atom stereocenters. The van der Waals surface area contributed by atoms with Gasteiger partial charge in [-0.25, -0.2) is 4.98 Å². The van der Waals surface area contributed by atoms with Crippen molar-refractivity contribution in [3.8, 4) is 17.0 Å². The molecule has 0 aliphatic carbocycles. The summed E-state index contributed by atoms with van der Waals surface area (Å²) in [6, 6.07) is 13.8. The topological polar surface area (TPSA) is 64.9 Å². The Hall–Kier alpha value is -2.90. The van der Waals surface area contributed by atoms with Crippen LogP contribution in [0.1, 0.15) is 30.1 Å². The van der Waals surface area contributed by atoms with Gasteiger partial charge >= 0.3 is 0 Å². The Bertz CT molecular complexity index is 1190. The number of amides is 1. The van der Waals surface area contributed by atoms with Gasteiger partial charge in [0, 0.05) is 30.5 Å². The molecule has 2 aromatic carbocycles. The molecule has 1 amide bonds. The number of carbonyl (C=O) groups is 1. The van der Waals surface area contributed by atoms with Crippen LogP contribution in [0.2, 0.25) is 0 Å². The maximum Gasteiger partial charge on any atom is 0.251 e. The van der Waals surface area contributed by atoms with E-state index in [1.807, 2.05) is 55.6 Å². The Kier molecular flexibility index (Phi) is 5.14. The Balaban J connectivity index is 1.37. The predicted octanol–water partition coefficient (Wildman–Crippen LogP) is 4.52. The van der Waals surface area contributed by atoms with Crippen LogP contribution in [0.4, 0.5) is 0 Å². The zero-order chi connectivity index (χ0) is 20.5. The summed E-state index contributed by atoms with van der Waals surface area (Å²) >= 11 is 1.59. The Morgan fingerprint density at radius 3 is 2.93 bits per heavy atom. The van der Waals surface area contributed by atoms with Crippen molar-refractivity contribution in [3.63, 3.8) is 0 Å². The molecule has 0 unspecified atom stereocenters. The van der Waals surface area contributed by atoms with Crippen molar-refractivity contribution >= 4 is 32.4 Å². The van der Waals surface area contributed by atoms with E-state index in [0.717, 1.165) is 51.6 Å². The lowest BCUT2D eigenvalue weighted by atomic mass is 10.1. The molecule has 1 saturated heterocycles. The van der Waals surface area contributed by atoms with Gasteiger partial charge < -0.3 is 14.8 Å². The van der Waals surface area contributed by atoms with E-state index in [1.165, 1.54) is 0 Å². The highest BCUT2D eigenvalue weighted by Crippen LogP contribution is 2.30. The number of thiazole rings is 1. The number of ether oxygens (including phenoxy) is 2. The molecule has 0 saturated carbocycles. The second-order valence-corrected chi connectivity index (χ2v) is 8.37. The third kappa shape index (κ3) is 3.66. The van der Waals surface area contributed by atoms with Crippen molar-refractivity contribution < 1.29 is 14.3 Å². The molecule has 3 heterocycles. The lowest BCUT2D eigenvalue weighted by Crippen LogP contribution is -2.31. The van der Waals surface area contributed by atoms with Crippen LogP contribution in [0.5, 0.6) is 5.75 Å². The molecule has 0 bridgehead atoms. The predicted molar refractivity (Wildman–Crippen MR) is 118 cm³/mol. The Labute approximate surface area is 178 Å². The van der Waals surface area contributed by atoms with Gasteiger partial charge in [-0.3, -0.25) is 9.20 Å². The minimum atomic E-state index is -0.0616. The largest absolute Gasteiger partial charge is 0.494 e. The average molecular weight is 422 g/mol. The first kappa shape index (κ1) is 19.1. The summed E-state index contributed by atoms with van der Waals surface area (Å²) in [5, 5.41) is 2.99. The van der Waals surface area contributed by atoms with Gasteiger partial charge in [-0.05, 0) is 62.2 Å². The normalized spacial score (nSPS) is 16.4. The van der Waals surface area contributed by atoms with Crippen LogP contribution in [0, 0.1) is 0 Å². The number of benzene rings is 2. The monoisotopic (exact) mass is 421 g/mol.